The second-order valence-electron chi connectivity index (χ2n) is 10.6. The molecule has 0 aliphatic rings. The summed E-state index contributed by atoms with van der Waals surface area (Å²) < 4.78 is 0. The van der Waals surface area contributed by atoms with Gasteiger partial charge in [0, 0.05) is 29.9 Å². The molecular formula is C30H38N6O6S. The largest absolute Gasteiger partial charge is 0.481 e. The van der Waals surface area contributed by atoms with Crippen molar-refractivity contribution in [2.45, 2.75) is 56.3 Å². The quantitative estimate of drug-likeness (QED) is 0.123. The predicted octanol–water partition coefficient (Wildman–Crippen LogP) is 0.838. The molecule has 0 bridgehead atoms. The van der Waals surface area contributed by atoms with Crippen LogP contribution in [0, 0.1) is 0 Å². The Morgan fingerprint density at radius 1 is 0.930 bits per heavy atom. The molecule has 0 aliphatic heterocycles. The number of aliphatic carboxylic acids is 1. The lowest BCUT2D eigenvalue weighted by atomic mass is 9.92. The lowest BCUT2D eigenvalue weighted by molar-refractivity contribution is -0.141. The Morgan fingerprint density at radius 3 is 2.21 bits per heavy atom. The van der Waals surface area contributed by atoms with E-state index in [2.05, 4.69) is 20.9 Å². The van der Waals surface area contributed by atoms with Crippen molar-refractivity contribution in [2.75, 3.05) is 12.0 Å². The van der Waals surface area contributed by atoms with Crippen molar-refractivity contribution in [3.63, 3.8) is 0 Å². The fourth-order valence-electron chi connectivity index (χ4n) is 4.58. The number of aromatic nitrogens is 1. The minimum absolute atomic E-state index is 0.0770. The highest BCUT2D eigenvalue weighted by Gasteiger charge is 2.35. The van der Waals surface area contributed by atoms with Crippen molar-refractivity contribution in [1.82, 2.24) is 20.9 Å². The number of nitrogens with two attached hydrogens (primary N) is 2. The first-order valence-electron chi connectivity index (χ1n) is 13.7. The van der Waals surface area contributed by atoms with Gasteiger partial charge in [0.1, 0.15) is 18.1 Å². The van der Waals surface area contributed by atoms with Crippen LogP contribution in [0.25, 0.3) is 10.9 Å². The first-order chi connectivity index (χ1) is 20.4. The van der Waals surface area contributed by atoms with Crippen LogP contribution in [0.5, 0.6) is 0 Å². The molecule has 4 atom stereocenters. The van der Waals surface area contributed by atoms with Gasteiger partial charge in [0.05, 0.1) is 12.0 Å². The number of carboxylic acid groups (broad SMARTS) is 1. The van der Waals surface area contributed by atoms with Crippen LogP contribution in [0.2, 0.25) is 0 Å². The van der Waals surface area contributed by atoms with Gasteiger partial charge in [0.25, 0.3) is 0 Å². The van der Waals surface area contributed by atoms with Gasteiger partial charge >= 0.3 is 5.97 Å². The van der Waals surface area contributed by atoms with Gasteiger partial charge < -0.3 is 37.5 Å². The maximum absolute atomic E-state index is 13.4. The fraction of sp³-hybridized carbons (Fsp3) is 0.367. The van der Waals surface area contributed by atoms with Crippen LogP contribution in [0.4, 0.5) is 0 Å². The number of nitrogens with one attached hydrogen (secondary N) is 4. The van der Waals surface area contributed by atoms with Crippen LogP contribution in [-0.2, 0) is 36.8 Å². The van der Waals surface area contributed by atoms with Crippen molar-refractivity contribution < 1.29 is 29.1 Å². The van der Waals surface area contributed by atoms with Crippen LogP contribution in [-0.4, -0.2) is 75.4 Å². The zero-order valence-corrected chi connectivity index (χ0v) is 24.9. The van der Waals surface area contributed by atoms with E-state index in [1.165, 1.54) is 11.8 Å². The van der Waals surface area contributed by atoms with Gasteiger partial charge in [-0.25, -0.2) is 0 Å². The number of rotatable bonds is 16. The molecule has 3 rings (SSSR count). The van der Waals surface area contributed by atoms with E-state index in [1.807, 2.05) is 30.5 Å². The Balaban J connectivity index is 1.73. The number of aromatic amines is 1. The number of carbonyl (C=O) groups excluding carboxylic acids is 4. The SMILES string of the molecule is CSCC[C@H](NC(=O)[C@](C)(N)Cc1c[nH]c2ccccc12)C(=O)N[C@@H](CC(=O)O)C(=O)N[C@@H](Cc1ccccc1)C(N)=O. The van der Waals surface area contributed by atoms with Gasteiger partial charge in [-0.1, -0.05) is 48.5 Å². The Bertz CT molecular complexity index is 1440. The Kier molecular flexibility index (Phi) is 11.7. The molecule has 0 saturated heterocycles. The van der Waals surface area contributed by atoms with Crippen LogP contribution < -0.4 is 27.4 Å². The maximum Gasteiger partial charge on any atom is 0.305 e. The van der Waals surface area contributed by atoms with Gasteiger partial charge in [-0.2, -0.15) is 11.8 Å². The first kappa shape index (κ1) is 33.1. The first-order valence-corrected chi connectivity index (χ1v) is 15.1. The zero-order valence-electron chi connectivity index (χ0n) is 24.1. The van der Waals surface area contributed by atoms with E-state index in [4.69, 9.17) is 11.5 Å². The number of para-hydroxylation sites is 1. The summed E-state index contributed by atoms with van der Waals surface area (Å²) in [5.41, 5.74) is 13.0. The van der Waals surface area contributed by atoms with Crippen molar-refractivity contribution in [3.05, 3.63) is 71.9 Å². The Morgan fingerprint density at radius 2 is 1.56 bits per heavy atom. The number of benzene rings is 2. The molecule has 4 amide bonds. The van der Waals surface area contributed by atoms with Crippen LogP contribution >= 0.6 is 11.8 Å². The predicted molar refractivity (Wildman–Crippen MR) is 165 cm³/mol. The number of carbonyl (C=O) groups is 5. The number of hydrogen-bond donors (Lipinski definition) is 7. The molecule has 0 saturated carbocycles. The van der Waals surface area contributed by atoms with Gasteiger partial charge in [0.2, 0.25) is 23.6 Å². The molecule has 12 nitrogen and oxygen atoms in total. The molecular weight excluding hydrogens is 572 g/mol. The maximum atomic E-state index is 13.4. The molecule has 230 valence electrons. The van der Waals surface area contributed by atoms with Gasteiger partial charge in [-0.3, -0.25) is 24.0 Å². The lowest BCUT2D eigenvalue weighted by Gasteiger charge is -2.28. The standard InChI is InChI=1S/C30H38N6O6S/c1-30(32,16-19-17-33-21-11-7-6-10-20(19)21)29(42)36-22(12-13-43-2)27(40)35-24(15-25(37)38)28(41)34-23(26(31)39)14-18-8-4-3-5-9-18/h3-11,17,22-24,33H,12-16,32H2,1-2H3,(H2,31,39)(H,34,41)(H,35,40)(H,36,42)(H,37,38)/t22-,23-,24-,30+/m0/s1. The second-order valence-corrected chi connectivity index (χ2v) is 11.6. The van der Waals surface area contributed by atoms with E-state index >= 15 is 0 Å². The molecule has 0 radical (unpaired) electrons. The molecule has 0 unspecified atom stereocenters. The normalized spacial score (nSPS) is 14.6. The molecule has 2 aromatic carbocycles. The van der Waals surface area contributed by atoms with E-state index in [9.17, 15) is 29.1 Å². The number of hydrogen-bond acceptors (Lipinski definition) is 7. The average molecular weight is 611 g/mol. The summed E-state index contributed by atoms with van der Waals surface area (Å²) in [6, 6.07) is 12.6. The highest BCUT2D eigenvalue weighted by Crippen LogP contribution is 2.22. The summed E-state index contributed by atoms with van der Waals surface area (Å²) >= 11 is 1.44. The lowest BCUT2D eigenvalue weighted by Crippen LogP contribution is -2.60. The summed E-state index contributed by atoms with van der Waals surface area (Å²) in [5.74, 6) is -3.93. The third-order valence-electron chi connectivity index (χ3n) is 6.94. The summed E-state index contributed by atoms with van der Waals surface area (Å²) in [7, 11) is 0. The number of amides is 4. The van der Waals surface area contributed by atoms with E-state index in [0.29, 0.717) is 5.75 Å². The minimum Gasteiger partial charge on any atom is -0.481 e. The molecule has 0 fully saturated rings. The molecule has 13 heteroatoms. The number of carboxylic acids is 1. The van der Waals surface area contributed by atoms with Crippen LogP contribution in [0.3, 0.4) is 0 Å². The smallest absolute Gasteiger partial charge is 0.305 e. The number of H-pyrrole nitrogens is 1. The topological polar surface area (TPSA) is 209 Å². The summed E-state index contributed by atoms with van der Waals surface area (Å²) in [5, 5.41) is 17.9. The minimum atomic E-state index is -1.54. The van der Waals surface area contributed by atoms with Gasteiger partial charge in [0.15, 0.2) is 0 Å². The average Bonchev–Trinajstić information content (AvgIpc) is 3.36. The van der Waals surface area contributed by atoms with Crippen molar-refractivity contribution in [2.24, 2.45) is 11.5 Å². The molecule has 0 spiro atoms. The summed E-state index contributed by atoms with van der Waals surface area (Å²) in [6.07, 6.45) is 3.31. The third kappa shape index (κ3) is 9.58. The number of thioether (sulfide) groups is 1. The van der Waals surface area contributed by atoms with E-state index in [-0.39, 0.29) is 19.3 Å². The van der Waals surface area contributed by atoms with E-state index in [0.717, 1.165) is 22.0 Å². The fourth-order valence-corrected chi connectivity index (χ4v) is 5.05. The highest BCUT2D eigenvalue weighted by atomic mass is 32.2. The number of primary amides is 1. The van der Waals surface area contributed by atoms with E-state index < -0.39 is 59.7 Å². The van der Waals surface area contributed by atoms with Gasteiger partial charge in [-0.15, -0.1) is 0 Å². The molecule has 9 N–H and O–H groups in total. The third-order valence-corrected chi connectivity index (χ3v) is 7.58. The molecule has 43 heavy (non-hydrogen) atoms. The van der Waals surface area contributed by atoms with Crippen molar-refractivity contribution in [1.29, 1.82) is 0 Å². The van der Waals surface area contributed by atoms with Crippen molar-refractivity contribution >= 4 is 52.3 Å². The van der Waals surface area contributed by atoms with Crippen LogP contribution in [0.15, 0.2) is 60.8 Å². The van der Waals surface area contributed by atoms with Gasteiger partial charge in [-0.05, 0) is 42.5 Å². The highest BCUT2D eigenvalue weighted by molar-refractivity contribution is 7.98. The molecule has 1 aromatic heterocycles. The summed E-state index contributed by atoms with van der Waals surface area (Å²) in [4.78, 5) is 66.6. The van der Waals surface area contributed by atoms with Crippen LogP contribution in [0.1, 0.15) is 30.9 Å². The zero-order chi connectivity index (χ0) is 31.6. The molecule has 0 aliphatic carbocycles. The van der Waals surface area contributed by atoms with Crippen molar-refractivity contribution in [3.8, 4) is 0 Å². The Hall–Kier alpha value is -4.36. The molecule has 1 heterocycles. The van der Waals surface area contributed by atoms with E-state index in [1.54, 1.807) is 43.5 Å². The Labute approximate surface area is 253 Å². The second kappa shape index (κ2) is 15.2. The summed E-state index contributed by atoms with van der Waals surface area (Å²) in [6.45, 7) is 1.56. The molecule has 3 aromatic rings. The monoisotopic (exact) mass is 610 g/mol. The number of fused-ring (bicyclic) bond motifs is 1.